The van der Waals surface area contributed by atoms with Gasteiger partial charge in [0.25, 0.3) is 0 Å². The molecular formula is C22H20ClN5O3. The maximum atomic E-state index is 13.0. The minimum absolute atomic E-state index is 0.0289. The van der Waals surface area contributed by atoms with Crippen LogP contribution in [0.25, 0.3) is 11.3 Å². The maximum Gasteiger partial charge on any atom is 0.249 e. The second-order valence-electron chi connectivity index (χ2n) is 7.29. The van der Waals surface area contributed by atoms with Gasteiger partial charge in [0.2, 0.25) is 17.7 Å². The molecule has 9 heteroatoms. The van der Waals surface area contributed by atoms with E-state index in [0.717, 1.165) is 11.1 Å². The number of aromatic nitrogens is 2. The van der Waals surface area contributed by atoms with Crippen LogP contribution < -0.4 is 16.0 Å². The van der Waals surface area contributed by atoms with E-state index in [1.165, 1.54) is 6.92 Å². The van der Waals surface area contributed by atoms with Crippen molar-refractivity contribution in [2.45, 2.75) is 26.3 Å². The minimum atomic E-state index is -0.801. The van der Waals surface area contributed by atoms with Crippen molar-refractivity contribution in [1.29, 1.82) is 0 Å². The molecule has 3 aromatic rings. The van der Waals surface area contributed by atoms with Crippen molar-refractivity contribution in [3.63, 3.8) is 0 Å². The Balaban J connectivity index is 1.61. The molecule has 8 nitrogen and oxygen atoms in total. The van der Waals surface area contributed by atoms with E-state index in [-0.39, 0.29) is 24.1 Å². The van der Waals surface area contributed by atoms with E-state index in [4.69, 9.17) is 11.6 Å². The van der Waals surface area contributed by atoms with E-state index in [9.17, 15) is 14.4 Å². The van der Waals surface area contributed by atoms with Crippen LogP contribution in [0.5, 0.6) is 0 Å². The number of nitrogens with one attached hydrogen (secondary N) is 3. The lowest BCUT2D eigenvalue weighted by molar-refractivity contribution is -0.125. The van der Waals surface area contributed by atoms with E-state index in [1.807, 2.05) is 19.1 Å². The van der Waals surface area contributed by atoms with Gasteiger partial charge < -0.3 is 16.0 Å². The Morgan fingerprint density at radius 1 is 1.13 bits per heavy atom. The monoisotopic (exact) mass is 437 g/mol. The molecule has 0 spiro atoms. The number of carbonyl (C=O) groups excluding carboxylic acids is 3. The van der Waals surface area contributed by atoms with E-state index >= 15 is 0 Å². The molecule has 0 bridgehead atoms. The van der Waals surface area contributed by atoms with Crippen molar-refractivity contribution in [3.05, 3.63) is 59.1 Å². The van der Waals surface area contributed by atoms with Crippen molar-refractivity contribution in [3.8, 4) is 11.3 Å². The number of nitrogens with zero attached hydrogens (tertiary/aromatic N) is 2. The zero-order chi connectivity index (χ0) is 22.1. The average molecular weight is 438 g/mol. The fourth-order valence-electron chi connectivity index (χ4n) is 3.52. The first kappa shape index (κ1) is 20.6. The summed E-state index contributed by atoms with van der Waals surface area (Å²) in [7, 11) is 0. The SMILES string of the molecule is CC(=O)Nc1ccc(NC(=O)C2CC(=O)Nc3c(C)c(-c4cccc(Cl)c4)nn32)cc1. The summed E-state index contributed by atoms with van der Waals surface area (Å²) < 4.78 is 1.55. The van der Waals surface area contributed by atoms with Gasteiger partial charge in [-0.25, -0.2) is 4.68 Å². The maximum absolute atomic E-state index is 13.0. The quantitative estimate of drug-likeness (QED) is 0.573. The molecule has 4 rings (SSSR count). The van der Waals surface area contributed by atoms with Crippen LogP contribution in [0.4, 0.5) is 17.2 Å². The Hall–Kier alpha value is -3.65. The van der Waals surface area contributed by atoms with Crippen LogP contribution in [0.15, 0.2) is 48.5 Å². The highest BCUT2D eigenvalue weighted by Crippen LogP contribution is 2.35. The predicted octanol–water partition coefficient (Wildman–Crippen LogP) is 3.99. The normalized spacial score (nSPS) is 15.1. The molecule has 1 unspecified atom stereocenters. The van der Waals surface area contributed by atoms with Crippen LogP contribution in [0, 0.1) is 6.92 Å². The van der Waals surface area contributed by atoms with Gasteiger partial charge in [0.05, 0.1) is 12.1 Å². The predicted molar refractivity (Wildman–Crippen MR) is 119 cm³/mol. The van der Waals surface area contributed by atoms with Crippen molar-refractivity contribution in [1.82, 2.24) is 9.78 Å². The highest BCUT2D eigenvalue weighted by atomic mass is 35.5. The van der Waals surface area contributed by atoms with Crippen LogP contribution in [0.1, 0.15) is 24.9 Å². The third kappa shape index (κ3) is 4.29. The zero-order valence-corrected chi connectivity index (χ0v) is 17.7. The summed E-state index contributed by atoms with van der Waals surface area (Å²) in [4.78, 5) is 36.5. The van der Waals surface area contributed by atoms with Gasteiger partial charge in [-0.15, -0.1) is 0 Å². The lowest BCUT2D eigenvalue weighted by atomic mass is 10.1. The Labute approximate surface area is 183 Å². The first-order valence-electron chi connectivity index (χ1n) is 9.65. The van der Waals surface area contributed by atoms with Crippen molar-refractivity contribution in [2.75, 3.05) is 16.0 Å². The number of fused-ring (bicyclic) bond motifs is 1. The van der Waals surface area contributed by atoms with Crippen LogP contribution in [-0.2, 0) is 14.4 Å². The van der Waals surface area contributed by atoms with Gasteiger partial charge in [-0.2, -0.15) is 5.10 Å². The van der Waals surface area contributed by atoms with Crippen molar-refractivity contribution < 1.29 is 14.4 Å². The van der Waals surface area contributed by atoms with Crippen LogP contribution in [0.3, 0.4) is 0 Å². The Morgan fingerprint density at radius 2 is 1.81 bits per heavy atom. The molecule has 31 heavy (non-hydrogen) atoms. The Morgan fingerprint density at radius 3 is 2.45 bits per heavy atom. The lowest BCUT2D eigenvalue weighted by Gasteiger charge is -2.24. The number of anilines is 3. The number of hydrogen-bond acceptors (Lipinski definition) is 4. The Bertz CT molecular complexity index is 1190. The van der Waals surface area contributed by atoms with Gasteiger partial charge in [-0.3, -0.25) is 14.4 Å². The number of amides is 3. The average Bonchev–Trinajstić information content (AvgIpc) is 3.05. The van der Waals surface area contributed by atoms with Gasteiger partial charge in [-0.05, 0) is 43.3 Å². The molecule has 3 N–H and O–H groups in total. The lowest BCUT2D eigenvalue weighted by Crippen LogP contribution is -2.35. The molecule has 3 amide bonds. The molecule has 0 radical (unpaired) electrons. The molecule has 1 aromatic heterocycles. The first-order chi connectivity index (χ1) is 14.8. The molecule has 2 heterocycles. The second kappa shape index (κ2) is 8.23. The fraction of sp³-hybridized carbons (Fsp3) is 0.182. The second-order valence-corrected chi connectivity index (χ2v) is 7.73. The first-order valence-corrected chi connectivity index (χ1v) is 10.0. The van der Waals surface area contributed by atoms with Gasteiger partial charge in [0.15, 0.2) is 0 Å². The largest absolute Gasteiger partial charge is 0.326 e. The summed E-state index contributed by atoms with van der Waals surface area (Å²) in [6.07, 6.45) is -0.0289. The summed E-state index contributed by atoms with van der Waals surface area (Å²) in [5, 5.41) is 13.5. The van der Waals surface area contributed by atoms with Crippen molar-refractivity contribution in [2.24, 2.45) is 0 Å². The molecule has 2 aromatic carbocycles. The molecule has 0 aliphatic carbocycles. The standard InChI is InChI=1S/C22H20ClN5O3/c1-12-20(14-4-3-5-15(23)10-14)27-28-18(11-19(30)26-21(12)28)22(31)25-17-8-6-16(7-9-17)24-13(2)29/h3-10,18H,11H2,1-2H3,(H,24,29)(H,25,31)(H,26,30). The van der Waals surface area contributed by atoms with E-state index in [2.05, 4.69) is 21.0 Å². The van der Waals surface area contributed by atoms with E-state index < -0.39 is 6.04 Å². The van der Waals surface area contributed by atoms with E-state index in [0.29, 0.717) is 27.9 Å². The van der Waals surface area contributed by atoms with Crippen LogP contribution >= 0.6 is 11.6 Å². The van der Waals surface area contributed by atoms with Crippen molar-refractivity contribution >= 4 is 46.5 Å². The summed E-state index contributed by atoms with van der Waals surface area (Å²) in [6.45, 7) is 3.27. The number of hydrogen-bond donors (Lipinski definition) is 3. The molecule has 0 saturated heterocycles. The third-order valence-corrected chi connectivity index (χ3v) is 5.19. The molecule has 0 saturated carbocycles. The summed E-state index contributed by atoms with van der Waals surface area (Å²) in [5.41, 5.74) is 3.38. The van der Waals surface area contributed by atoms with E-state index in [1.54, 1.807) is 41.1 Å². The van der Waals surface area contributed by atoms with Crippen LogP contribution in [0.2, 0.25) is 5.02 Å². The molecule has 158 valence electrons. The molecule has 1 aliphatic heterocycles. The summed E-state index contributed by atoms with van der Waals surface area (Å²) >= 11 is 6.11. The smallest absolute Gasteiger partial charge is 0.249 e. The molecule has 1 atom stereocenters. The number of halogens is 1. The highest BCUT2D eigenvalue weighted by molar-refractivity contribution is 6.30. The zero-order valence-electron chi connectivity index (χ0n) is 16.9. The number of carbonyl (C=O) groups is 3. The molecular weight excluding hydrogens is 418 g/mol. The number of benzene rings is 2. The summed E-state index contributed by atoms with van der Waals surface area (Å²) in [6, 6.07) is 13.2. The number of rotatable bonds is 4. The topological polar surface area (TPSA) is 105 Å². The fourth-order valence-corrected chi connectivity index (χ4v) is 3.71. The minimum Gasteiger partial charge on any atom is -0.326 e. The van der Waals surface area contributed by atoms with Crippen LogP contribution in [-0.4, -0.2) is 27.5 Å². The third-order valence-electron chi connectivity index (χ3n) is 4.95. The molecule has 0 fully saturated rings. The highest BCUT2D eigenvalue weighted by Gasteiger charge is 2.34. The van der Waals surface area contributed by atoms with Gasteiger partial charge in [0.1, 0.15) is 11.9 Å². The van der Waals surface area contributed by atoms with Gasteiger partial charge in [0, 0.05) is 34.4 Å². The van der Waals surface area contributed by atoms with Gasteiger partial charge >= 0.3 is 0 Å². The Kier molecular flexibility index (Phi) is 5.48. The molecule has 1 aliphatic rings. The summed E-state index contributed by atoms with van der Waals surface area (Å²) in [5.74, 6) is -0.299. The van der Waals surface area contributed by atoms with Gasteiger partial charge in [-0.1, -0.05) is 23.7 Å².